The van der Waals surface area contributed by atoms with Gasteiger partial charge in [0.15, 0.2) is 0 Å². The number of halogens is 2. The highest BCUT2D eigenvalue weighted by Gasteiger charge is 2.33. The fourth-order valence-corrected chi connectivity index (χ4v) is 4.87. The zero-order valence-corrected chi connectivity index (χ0v) is 19.0. The van der Waals surface area contributed by atoms with Crippen molar-refractivity contribution in [3.63, 3.8) is 0 Å². The lowest BCUT2D eigenvalue weighted by Gasteiger charge is -2.39. The number of aryl methyl sites for hydroxylation is 2. The molecular formula is C26H30F2N2O3. The molecule has 3 aromatic rings. The largest absolute Gasteiger partial charge is 0.489 e. The number of alkyl halides is 2. The van der Waals surface area contributed by atoms with Crippen LogP contribution < -0.4 is 4.74 Å². The Labute approximate surface area is 192 Å². The standard InChI is InChI=1S/C26H30F2N2O3/c1-16-14-17(2)25(20-9-11-29-24(16)20)33-22-10-13-30(12-3-4-23(27)28)15-21(22)18-5-7-19(8-6-18)26(31)32/h5-9,11,14,21-23,29H,3-4,10,12-13,15H2,1-2H3,(H,31,32)/t21-,22+/m0/s1. The van der Waals surface area contributed by atoms with Gasteiger partial charge in [-0.25, -0.2) is 13.6 Å². The molecule has 0 aliphatic carbocycles. The van der Waals surface area contributed by atoms with Crippen molar-refractivity contribution < 1.29 is 23.4 Å². The Bertz CT molecular complexity index is 1110. The Hall–Kier alpha value is -2.93. The van der Waals surface area contributed by atoms with E-state index in [4.69, 9.17) is 4.74 Å². The van der Waals surface area contributed by atoms with E-state index in [1.165, 1.54) is 0 Å². The third-order valence-electron chi connectivity index (χ3n) is 6.56. The number of hydrogen-bond acceptors (Lipinski definition) is 3. The van der Waals surface area contributed by atoms with Gasteiger partial charge in [0.25, 0.3) is 0 Å². The third-order valence-corrected chi connectivity index (χ3v) is 6.56. The molecule has 2 aromatic carbocycles. The summed E-state index contributed by atoms with van der Waals surface area (Å²) in [5, 5.41) is 10.3. The average molecular weight is 457 g/mol. The lowest BCUT2D eigenvalue weighted by Crippen LogP contribution is -2.44. The predicted molar refractivity (Wildman–Crippen MR) is 125 cm³/mol. The summed E-state index contributed by atoms with van der Waals surface area (Å²) in [5.41, 5.74) is 4.53. The molecule has 0 amide bonds. The number of aromatic amines is 1. The van der Waals surface area contributed by atoms with Crippen LogP contribution in [0.15, 0.2) is 42.6 Å². The highest BCUT2D eigenvalue weighted by molar-refractivity contribution is 5.90. The molecule has 0 spiro atoms. The van der Waals surface area contributed by atoms with Gasteiger partial charge in [0.2, 0.25) is 6.43 Å². The number of rotatable bonds is 8. The van der Waals surface area contributed by atoms with E-state index in [9.17, 15) is 18.7 Å². The number of nitrogens with one attached hydrogen (secondary N) is 1. The van der Waals surface area contributed by atoms with Crippen molar-refractivity contribution in [3.05, 3.63) is 64.8 Å². The molecule has 1 fully saturated rings. The summed E-state index contributed by atoms with van der Waals surface area (Å²) in [7, 11) is 0. The number of fused-ring (bicyclic) bond motifs is 1. The Morgan fingerprint density at radius 3 is 2.67 bits per heavy atom. The van der Waals surface area contributed by atoms with Crippen LogP contribution in [0.4, 0.5) is 8.78 Å². The van der Waals surface area contributed by atoms with Crippen molar-refractivity contribution in [1.29, 1.82) is 0 Å². The quantitative estimate of drug-likeness (QED) is 0.452. The molecule has 2 heterocycles. The number of hydrogen-bond donors (Lipinski definition) is 2. The molecule has 0 radical (unpaired) electrons. The van der Waals surface area contributed by atoms with E-state index < -0.39 is 12.4 Å². The highest BCUT2D eigenvalue weighted by atomic mass is 19.3. The van der Waals surface area contributed by atoms with Gasteiger partial charge in [-0.15, -0.1) is 0 Å². The van der Waals surface area contributed by atoms with Crippen molar-refractivity contribution in [1.82, 2.24) is 9.88 Å². The summed E-state index contributed by atoms with van der Waals surface area (Å²) in [6, 6.07) is 11.1. The fourth-order valence-electron chi connectivity index (χ4n) is 4.87. The van der Waals surface area contributed by atoms with Crippen molar-refractivity contribution in [2.45, 2.75) is 51.6 Å². The zero-order valence-electron chi connectivity index (χ0n) is 19.0. The van der Waals surface area contributed by atoms with Crippen LogP contribution in [0.1, 0.15) is 52.2 Å². The fraction of sp³-hybridized carbons (Fsp3) is 0.423. The van der Waals surface area contributed by atoms with Crippen LogP contribution in [0, 0.1) is 13.8 Å². The Morgan fingerprint density at radius 1 is 1.21 bits per heavy atom. The number of benzene rings is 2. The molecule has 4 rings (SSSR count). The summed E-state index contributed by atoms with van der Waals surface area (Å²) >= 11 is 0. The van der Waals surface area contributed by atoms with Crippen LogP contribution in [0.2, 0.25) is 0 Å². The first-order valence-corrected chi connectivity index (χ1v) is 11.4. The summed E-state index contributed by atoms with van der Waals surface area (Å²) in [6.45, 7) is 6.19. The van der Waals surface area contributed by atoms with E-state index in [0.717, 1.165) is 46.3 Å². The van der Waals surface area contributed by atoms with Gasteiger partial charge >= 0.3 is 5.97 Å². The smallest absolute Gasteiger partial charge is 0.335 e. The Morgan fingerprint density at radius 2 is 1.97 bits per heavy atom. The summed E-state index contributed by atoms with van der Waals surface area (Å²) in [6.07, 6.45) is 0.652. The van der Waals surface area contributed by atoms with Crippen LogP contribution in [0.5, 0.6) is 5.75 Å². The van der Waals surface area contributed by atoms with Gasteiger partial charge < -0.3 is 19.7 Å². The van der Waals surface area contributed by atoms with Crippen molar-refractivity contribution in [2.24, 2.45) is 0 Å². The number of H-pyrrole nitrogens is 1. The summed E-state index contributed by atoms with van der Waals surface area (Å²) < 4.78 is 31.9. The van der Waals surface area contributed by atoms with Crippen LogP contribution in [-0.4, -0.2) is 53.1 Å². The minimum atomic E-state index is -2.28. The molecule has 2 atom stereocenters. The van der Waals surface area contributed by atoms with Crippen LogP contribution in [0.25, 0.3) is 10.9 Å². The second-order valence-electron chi connectivity index (χ2n) is 8.92. The second-order valence-corrected chi connectivity index (χ2v) is 8.92. The monoisotopic (exact) mass is 456 g/mol. The summed E-state index contributed by atoms with van der Waals surface area (Å²) in [4.78, 5) is 16.8. The average Bonchev–Trinajstić information content (AvgIpc) is 3.27. The van der Waals surface area contributed by atoms with Crippen molar-refractivity contribution >= 4 is 16.9 Å². The molecule has 1 aliphatic heterocycles. The van der Waals surface area contributed by atoms with Gasteiger partial charge in [0, 0.05) is 37.0 Å². The van der Waals surface area contributed by atoms with Gasteiger partial charge in [-0.05, 0) is 68.1 Å². The molecule has 5 nitrogen and oxygen atoms in total. The maximum atomic E-state index is 12.6. The Balaban J connectivity index is 1.60. The maximum Gasteiger partial charge on any atom is 0.335 e. The zero-order chi connectivity index (χ0) is 23.5. The van der Waals surface area contributed by atoms with Gasteiger partial charge in [0.05, 0.1) is 11.1 Å². The molecule has 1 aromatic heterocycles. The third kappa shape index (κ3) is 5.19. The summed E-state index contributed by atoms with van der Waals surface area (Å²) in [5.74, 6) is -0.0975. The highest BCUT2D eigenvalue weighted by Crippen LogP contribution is 2.37. The number of ether oxygens (including phenoxy) is 1. The minimum absolute atomic E-state index is 0.00263. The van der Waals surface area contributed by atoms with Gasteiger partial charge in [0.1, 0.15) is 11.9 Å². The van der Waals surface area contributed by atoms with Gasteiger partial charge in [-0.1, -0.05) is 18.2 Å². The molecule has 1 saturated heterocycles. The maximum absolute atomic E-state index is 12.6. The molecule has 33 heavy (non-hydrogen) atoms. The van der Waals surface area contributed by atoms with Gasteiger partial charge in [-0.3, -0.25) is 0 Å². The first kappa shape index (κ1) is 23.2. The lowest BCUT2D eigenvalue weighted by atomic mass is 9.87. The van der Waals surface area contributed by atoms with E-state index in [1.54, 1.807) is 12.1 Å². The molecule has 7 heteroatoms. The molecule has 0 unspecified atom stereocenters. The number of carbonyl (C=O) groups is 1. The molecule has 2 N–H and O–H groups in total. The molecule has 0 bridgehead atoms. The van der Waals surface area contributed by atoms with Crippen molar-refractivity contribution in [2.75, 3.05) is 19.6 Å². The SMILES string of the molecule is Cc1cc(C)c2[nH]ccc2c1O[C@@H]1CCN(CCCC(F)F)C[C@H]1c1ccc(C(=O)O)cc1. The predicted octanol–water partition coefficient (Wildman–Crippen LogP) is 5.77. The lowest BCUT2D eigenvalue weighted by molar-refractivity contribution is 0.0695. The normalized spacial score (nSPS) is 19.3. The molecule has 1 aliphatic rings. The van der Waals surface area contributed by atoms with E-state index in [0.29, 0.717) is 19.5 Å². The number of piperidine rings is 1. The number of carboxylic acids is 1. The van der Waals surface area contributed by atoms with Crippen LogP contribution in [-0.2, 0) is 0 Å². The first-order chi connectivity index (χ1) is 15.8. The topological polar surface area (TPSA) is 65.6 Å². The molecule has 176 valence electrons. The number of aromatic carboxylic acids is 1. The van der Waals surface area contributed by atoms with Crippen LogP contribution >= 0.6 is 0 Å². The number of likely N-dealkylation sites (tertiary alicyclic amines) is 1. The number of nitrogens with zero attached hydrogens (tertiary/aromatic N) is 1. The van der Waals surface area contributed by atoms with E-state index in [1.807, 2.05) is 31.3 Å². The van der Waals surface area contributed by atoms with E-state index in [-0.39, 0.29) is 24.0 Å². The van der Waals surface area contributed by atoms with E-state index >= 15 is 0 Å². The Kier molecular flexibility index (Phi) is 6.98. The number of aromatic nitrogens is 1. The second kappa shape index (κ2) is 9.91. The minimum Gasteiger partial charge on any atom is -0.489 e. The van der Waals surface area contributed by atoms with Crippen LogP contribution in [0.3, 0.4) is 0 Å². The van der Waals surface area contributed by atoms with E-state index in [2.05, 4.69) is 22.9 Å². The number of carboxylic acid groups (broad SMARTS) is 1. The van der Waals surface area contributed by atoms with Crippen molar-refractivity contribution in [3.8, 4) is 5.75 Å². The molecule has 0 saturated carbocycles. The molecular weight excluding hydrogens is 426 g/mol. The first-order valence-electron chi connectivity index (χ1n) is 11.4. The van der Waals surface area contributed by atoms with Gasteiger partial charge in [-0.2, -0.15) is 0 Å².